The van der Waals surface area contributed by atoms with Crippen molar-refractivity contribution in [3.05, 3.63) is 0 Å². The maximum Gasteiger partial charge on any atom is 0.00332 e. The zero-order valence-electron chi connectivity index (χ0n) is 9.05. The third-order valence-corrected chi connectivity index (χ3v) is 3.21. The first kappa shape index (κ1) is 11.4. The van der Waals surface area contributed by atoms with Crippen molar-refractivity contribution in [3.8, 4) is 0 Å². The summed E-state index contributed by atoms with van der Waals surface area (Å²) in [5.41, 5.74) is 0.573. The molecular weight excluding hydrogens is 178 g/mol. The average molecular weight is 201 g/mol. The van der Waals surface area contributed by atoms with E-state index in [0.29, 0.717) is 5.41 Å². The summed E-state index contributed by atoms with van der Waals surface area (Å²) in [4.78, 5) is 2.61. The minimum atomic E-state index is 0.573. The summed E-state index contributed by atoms with van der Waals surface area (Å²) in [7, 11) is 0. The Hall–Kier alpha value is 0.310. The van der Waals surface area contributed by atoms with Crippen LogP contribution in [0.1, 0.15) is 39.5 Å². The Morgan fingerprint density at radius 3 is 2.54 bits per heavy atom. The van der Waals surface area contributed by atoms with E-state index in [1.54, 1.807) is 0 Å². The fraction of sp³-hybridized carbons (Fsp3) is 1.00. The predicted octanol–water partition coefficient (Wildman–Crippen LogP) is 2.82. The first-order valence-corrected chi connectivity index (χ1v) is 6.10. The molecule has 1 heterocycles. The summed E-state index contributed by atoms with van der Waals surface area (Å²) in [5, 5.41) is 0. The highest BCUT2D eigenvalue weighted by Crippen LogP contribution is 2.28. The molecule has 1 fully saturated rings. The molecule has 0 atom stereocenters. The van der Waals surface area contributed by atoms with Gasteiger partial charge >= 0.3 is 0 Å². The van der Waals surface area contributed by atoms with Crippen molar-refractivity contribution < 1.29 is 0 Å². The van der Waals surface area contributed by atoms with Crippen LogP contribution in [-0.2, 0) is 0 Å². The summed E-state index contributed by atoms with van der Waals surface area (Å²) in [6.07, 6.45) is 5.36. The van der Waals surface area contributed by atoms with Gasteiger partial charge in [0.05, 0.1) is 0 Å². The SMILES string of the molecule is CC1(C)CCN(CCCCCS)C1. The van der Waals surface area contributed by atoms with Gasteiger partial charge in [-0.15, -0.1) is 0 Å². The highest BCUT2D eigenvalue weighted by molar-refractivity contribution is 7.80. The van der Waals surface area contributed by atoms with Crippen molar-refractivity contribution in [1.29, 1.82) is 0 Å². The van der Waals surface area contributed by atoms with Gasteiger partial charge in [0.25, 0.3) is 0 Å². The van der Waals surface area contributed by atoms with Crippen LogP contribution < -0.4 is 0 Å². The maximum atomic E-state index is 4.22. The Kier molecular flexibility index (Phi) is 4.60. The Morgan fingerprint density at radius 1 is 1.23 bits per heavy atom. The summed E-state index contributed by atoms with van der Waals surface area (Å²) in [6, 6.07) is 0. The van der Waals surface area contributed by atoms with E-state index < -0.39 is 0 Å². The molecule has 1 nitrogen and oxygen atoms in total. The molecule has 0 aromatic heterocycles. The first-order valence-electron chi connectivity index (χ1n) is 5.47. The second kappa shape index (κ2) is 5.26. The molecule has 0 saturated carbocycles. The minimum Gasteiger partial charge on any atom is -0.303 e. The Morgan fingerprint density at radius 2 is 2.00 bits per heavy atom. The van der Waals surface area contributed by atoms with Gasteiger partial charge in [0.1, 0.15) is 0 Å². The molecule has 0 aliphatic carbocycles. The highest BCUT2D eigenvalue weighted by atomic mass is 32.1. The van der Waals surface area contributed by atoms with Gasteiger partial charge in [0, 0.05) is 6.54 Å². The van der Waals surface area contributed by atoms with E-state index in [9.17, 15) is 0 Å². The summed E-state index contributed by atoms with van der Waals surface area (Å²) in [6.45, 7) is 8.67. The molecular formula is C11H23NS. The predicted molar refractivity (Wildman–Crippen MR) is 62.5 cm³/mol. The topological polar surface area (TPSA) is 3.24 Å². The van der Waals surface area contributed by atoms with Gasteiger partial charge in [-0.2, -0.15) is 12.6 Å². The monoisotopic (exact) mass is 201 g/mol. The van der Waals surface area contributed by atoms with Crippen LogP contribution in [0.5, 0.6) is 0 Å². The lowest BCUT2D eigenvalue weighted by Gasteiger charge is -2.19. The Balaban J connectivity index is 2.04. The van der Waals surface area contributed by atoms with Gasteiger partial charge in [-0.1, -0.05) is 20.3 Å². The zero-order valence-corrected chi connectivity index (χ0v) is 9.95. The quantitative estimate of drug-likeness (QED) is 0.529. The van der Waals surface area contributed by atoms with E-state index in [-0.39, 0.29) is 0 Å². The normalized spacial score (nSPS) is 22.4. The highest BCUT2D eigenvalue weighted by Gasteiger charge is 2.28. The van der Waals surface area contributed by atoms with E-state index >= 15 is 0 Å². The molecule has 78 valence electrons. The van der Waals surface area contributed by atoms with Gasteiger partial charge in [-0.25, -0.2) is 0 Å². The van der Waals surface area contributed by atoms with Crippen LogP contribution in [0, 0.1) is 5.41 Å². The van der Waals surface area contributed by atoms with Crippen LogP contribution in [0.2, 0.25) is 0 Å². The van der Waals surface area contributed by atoms with Gasteiger partial charge in [0.2, 0.25) is 0 Å². The molecule has 13 heavy (non-hydrogen) atoms. The third-order valence-electron chi connectivity index (χ3n) is 2.89. The fourth-order valence-corrected chi connectivity index (χ4v) is 2.26. The van der Waals surface area contributed by atoms with Crippen molar-refractivity contribution in [1.82, 2.24) is 4.90 Å². The van der Waals surface area contributed by atoms with Crippen molar-refractivity contribution in [2.45, 2.75) is 39.5 Å². The molecule has 2 heteroatoms. The molecule has 0 bridgehead atoms. The Bertz CT molecular complexity index is 145. The van der Waals surface area contributed by atoms with E-state index in [4.69, 9.17) is 0 Å². The summed E-state index contributed by atoms with van der Waals surface area (Å²) in [5.74, 6) is 1.05. The smallest absolute Gasteiger partial charge is 0.00332 e. The molecule has 1 rings (SSSR count). The number of unbranched alkanes of at least 4 members (excludes halogenated alkanes) is 2. The maximum absolute atomic E-state index is 4.22. The number of likely N-dealkylation sites (tertiary alicyclic amines) is 1. The standard InChI is InChI=1S/C11H23NS/c1-11(2)6-8-12(10-11)7-4-3-5-9-13/h13H,3-10H2,1-2H3. The van der Waals surface area contributed by atoms with Crippen molar-refractivity contribution in [3.63, 3.8) is 0 Å². The van der Waals surface area contributed by atoms with Crippen LogP contribution in [0.3, 0.4) is 0 Å². The summed E-state index contributed by atoms with van der Waals surface area (Å²) >= 11 is 4.22. The van der Waals surface area contributed by atoms with Crippen LogP contribution in [0.4, 0.5) is 0 Å². The lowest BCUT2D eigenvalue weighted by molar-refractivity contribution is 0.285. The minimum absolute atomic E-state index is 0.573. The molecule has 0 aromatic rings. The van der Waals surface area contributed by atoms with E-state index in [2.05, 4.69) is 31.4 Å². The Labute approximate surface area is 88.3 Å². The molecule has 0 unspecified atom stereocenters. The molecule has 1 aliphatic heterocycles. The van der Waals surface area contributed by atoms with Crippen LogP contribution in [0.15, 0.2) is 0 Å². The van der Waals surface area contributed by atoms with Gasteiger partial charge < -0.3 is 4.90 Å². The summed E-state index contributed by atoms with van der Waals surface area (Å²) < 4.78 is 0. The molecule has 0 N–H and O–H groups in total. The number of hydrogen-bond donors (Lipinski definition) is 1. The number of thiol groups is 1. The third kappa shape index (κ3) is 4.37. The van der Waals surface area contributed by atoms with Crippen LogP contribution in [-0.4, -0.2) is 30.3 Å². The van der Waals surface area contributed by atoms with Crippen LogP contribution in [0.25, 0.3) is 0 Å². The molecule has 0 amide bonds. The van der Waals surface area contributed by atoms with E-state index in [1.807, 2.05) is 0 Å². The van der Waals surface area contributed by atoms with Crippen molar-refractivity contribution in [2.75, 3.05) is 25.4 Å². The molecule has 0 radical (unpaired) electrons. The number of rotatable bonds is 5. The molecule has 1 saturated heterocycles. The van der Waals surface area contributed by atoms with Gasteiger partial charge in [0.15, 0.2) is 0 Å². The number of hydrogen-bond acceptors (Lipinski definition) is 2. The van der Waals surface area contributed by atoms with E-state index in [1.165, 1.54) is 45.3 Å². The second-order valence-corrected chi connectivity index (χ2v) is 5.42. The van der Waals surface area contributed by atoms with Gasteiger partial charge in [-0.05, 0) is 43.5 Å². The second-order valence-electron chi connectivity index (χ2n) is 4.97. The molecule has 0 aromatic carbocycles. The number of nitrogens with zero attached hydrogens (tertiary/aromatic N) is 1. The first-order chi connectivity index (χ1) is 6.14. The van der Waals surface area contributed by atoms with Gasteiger partial charge in [-0.3, -0.25) is 0 Å². The average Bonchev–Trinajstić information content (AvgIpc) is 2.40. The lowest BCUT2D eigenvalue weighted by atomic mass is 9.93. The largest absolute Gasteiger partial charge is 0.303 e. The van der Waals surface area contributed by atoms with Crippen molar-refractivity contribution >= 4 is 12.6 Å². The van der Waals surface area contributed by atoms with E-state index in [0.717, 1.165) is 5.75 Å². The van der Waals surface area contributed by atoms with Crippen molar-refractivity contribution in [2.24, 2.45) is 5.41 Å². The molecule has 0 spiro atoms. The van der Waals surface area contributed by atoms with Crippen LogP contribution >= 0.6 is 12.6 Å². The molecule has 1 aliphatic rings. The fourth-order valence-electron chi connectivity index (χ4n) is 2.04. The zero-order chi connectivity index (χ0) is 9.73. The lowest BCUT2D eigenvalue weighted by Crippen LogP contribution is -2.24.